The lowest BCUT2D eigenvalue weighted by molar-refractivity contribution is 0.327. The van der Waals surface area contributed by atoms with Crippen molar-refractivity contribution >= 4 is 9.84 Å². The first-order chi connectivity index (χ1) is 8.17. The quantitative estimate of drug-likeness (QED) is 0.805. The molecule has 2 saturated carbocycles. The van der Waals surface area contributed by atoms with E-state index in [0.717, 1.165) is 17.9 Å². The number of hydrogen-bond donors (Lipinski definition) is 0. The SMILES string of the molecule is O=S(=O)(/C=C1\C[C@H]2CCC[C@@H]12)c1ccccc1. The van der Waals surface area contributed by atoms with E-state index in [2.05, 4.69) is 0 Å². The van der Waals surface area contributed by atoms with E-state index < -0.39 is 9.84 Å². The van der Waals surface area contributed by atoms with Crippen LogP contribution in [0.5, 0.6) is 0 Å². The van der Waals surface area contributed by atoms with Crippen molar-refractivity contribution in [2.24, 2.45) is 11.8 Å². The van der Waals surface area contributed by atoms with Crippen LogP contribution in [0, 0.1) is 11.8 Å². The second kappa shape index (κ2) is 3.98. The lowest BCUT2D eigenvalue weighted by Crippen LogP contribution is -2.24. The van der Waals surface area contributed by atoms with Gasteiger partial charge < -0.3 is 0 Å². The van der Waals surface area contributed by atoms with Crippen molar-refractivity contribution in [3.05, 3.63) is 41.3 Å². The molecule has 2 fully saturated rings. The molecule has 3 rings (SSSR count). The second-order valence-corrected chi connectivity index (χ2v) is 6.85. The Bertz CT molecular complexity index is 543. The summed E-state index contributed by atoms with van der Waals surface area (Å²) in [6.07, 6.45) is 4.73. The van der Waals surface area contributed by atoms with Crippen molar-refractivity contribution in [3.8, 4) is 0 Å². The van der Waals surface area contributed by atoms with E-state index in [0.29, 0.717) is 10.8 Å². The summed E-state index contributed by atoms with van der Waals surface area (Å²) < 4.78 is 24.3. The van der Waals surface area contributed by atoms with Gasteiger partial charge >= 0.3 is 0 Å². The highest BCUT2D eigenvalue weighted by atomic mass is 32.2. The van der Waals surface area contributed by atoms with E-state index in [4.69, 9.17) is 0 Å². The molecule has 0 aliphatic heterocycles. The van der Waals surface area contributed by atoms with Crippen LogP contribution in [-0.4, -0.2) is 8.42 Å². The summed E-state index contributed by atoms with van der Waals surface area (Å²) in [6.45, 7) is 0. The van der Waals surface area contributed by atoms with Crippen LogP contribution in [0.4, 0.5) is 0 Å². The Morgan fingerprint density at radius 2 is 1.88 bits per heavy atom. The van der Waals surface area contributed by atoms with Crippen LogP contribution in [0.25, 0.3) is 0 Å². The third-order valence-corrected chi connectivity index (χ3v) is 5.55. The maximum absolute atomic E-state index is 12.1. The summed E-state index contributed by atoms with van der Waals surface area (Å²) in [6, 6.07) is 8.70. The van der Waals surface area contributed by atoms with Crippen LogP contribution in [0.1, 0.15) is 25.7 Å². The summed E-state index contributed by atoms with van der Waals surface area (Å²) in [5.41, 5.74) is 1.15. The molecule has 0 unspecified atom stereocenters. The summed E-state index contributed by atoms with van der Waals surface area (Å²) in [5.74, 6) is 1.33. The molecule has 3 heteroatoms. The molecule has 0 aromatic heterocycles. The molecule has 2 aliphatic carbocycles. The van der Waals surface area contributed by atoms with Gasteiger partial charge in [0.25, 0.3) is 0 Å². The van der Waals surface area contributed by atoms with Gasteiger partial charge in [-0.15, -0.1) is 0 Å². The highest BCUT2D eigenvalue weighted by molar-refractivity contribution is 7.94. The number of allylic oxidation sites excluding steroid dienone is 1. The molecule has 0 N–H and O–H groups in total. The maximum atomic E-state index is 12.1. The normalized spacial score (nSPS) is 30.0. The minimum absolute atomic E-state index is 0.411. The van der Waals surface area contributed by atoms with Gasteiger partial charge in [-0.25, -0.2) is 8.42 Å². The molecule has 0 heterocycles. The summed E-state index contributed by atoms with van der Waals surface area (Å²) >= 11 is 0. The molecule has 0 bridgehead atoms. The molecule has 2 atom stereocenters. The molecular weight excluding hydrogens is 232 g/mol. The highest BCUT2D eigenvalue weighted by Gasteiger charge is 2.40. The van der Waals surface area contributed by atoms with E-state index in [1.54, 1.807) is 24.3 Å². The van der Waals surface area contributed by atoms with Crippen LogP contribution >= 0.6 is 0 Å². The van der Waals surface area contributed by atoms with Crippen LogP contribution in [0.3, 0.4) is 0 Å². The number of fused-ring (bicyclic) bond motifs is 1. The van der Waals surface area contributed by atoms with Crippen LogP contribution in [-0.2, 0) is 9.84 Å². The molecule has 1 aromatic rings. The van der Waals surface area contributed by atoms with E-state index in [1.165, 1.54) is 24.7 Å². The van der Waals surface area contributed by atoms with Gasteiger partial charge in [-0.1, -0.05) is 30.2 Å². The van der Waals surface area contributed by atoms with Gasteiger partial charge in [-0.05, 0) is 43.2 Å². The maximum Gasteiger partial charge on any atom is 0.199 e. The number of hydrogen-bond acceptors (Lipinski definition) is 2. The summed E-state index contributed by atoms with van der Waals surface area (Å²) in [5, 5.41) is 1.52. The molecule has 0 radical (unpaired) electrons. The average molecular weight is 248 g/mol. The third-order valence-electron chi connectivity index (χ3n) is 4.01. The largest absolute Gasteiger partial charge is 0.219 e. The van der Waals surface area contributed by atoms with E-state index in [9.17, 15) is 8.42 Å². The van der Waals surface area contributed by atoms with Gasteiger partial charge in [-0.2, -0.15) is 0 Å². The van der Waals surface area contributed by atoms with Gasteiger partial charge in [-0.3, -0.25) is 0 Å². The third kappa shape index (κ3) is 1.93. The zero-order valence-corrected chi connectivity index (χ0v) is 10.5. The monoisotopic (exact) mass is 248 g/mol. The molecule has 0 saturated heterocycles. The Morgan fingerprint density at radius 3 is 2.59 bits per heavy atom. The summed E-state index contributed by atoms with van der Waals surface area (Å²) in [7, 11) is -3.22. The summed E-state index contributed by atoms with van der Waals surface area (Å²) in [4.78, 5) is 0.411. The van der Waals surface area contributed by atoms with Crippen molar-refractivity contribution in [1.82, 2.24) is 0 Å². The van der Waals surface area contributed by atoms with Gasteiger partial charge in [0, 0.05) is 5.41 Å². The number of benzene rings is 1. The van der Waals surface area contributed by atoms with Crippen molar-refractivity contribution in [2.45, 2.75) is 30.6 Å². The van der Waals surface area contributed by atoms with Crippen LogP contribution < -0.4 is 0 Å². The number of sulfone groups is 1. The smallest absolute Gasteiger partial charge is 0.199 e. The predicted octanol–water partition coefficient (Wildman–Crippen LogP) is 3.16. The average Bonchev–Trinajstić information content (AvgIpc) is 2.69. The van der Waals surface area contributed by atoms with Gasteiger partial charge in [0.2, 0.25) is 0 Å². The Morgan fingerprint density at radius 1 is 1.12 bits per heavy atom. The molecule has 0 spiro atoms. The van der Waals surface area contributed by atoms with Crippen molar-refractivity contribution in [3.63, 3.8) is 0 Å². The zero-order chi connectivity index (χ0) is 11.9. The van der Waals surface area contributed by atoms with Crippen molar-refractivity contribution < 1.29 is 8.42 Å². The fourth-order valence-electron chi connectivity index (χ4n) is 3.08. The molecule has 2 nitrogen and oxygen atoms in total. The minimum atomic E-state index is -3.22. The fourth-order valence-corrected chi connectivity index (χ4v) is 4.42. The Hall–Kier alpha value is -1.09. The molecule has 1 aromatic carbocycles. The molecule has 0 amide bonds. The second-order valence-electron chi connectivity index (χ2n) is 5.05. The van der Waals surface area contributed by atoms with Crippen molar-refractivity contribution in [1.29, 1.82) is 0 Å². The van der Waals surface area contributed by atoms with E-state index in [1.807, 2.05) is 6.07 Å². The molecule has 17 heavy (non-hydrogen) atoms. The standard InChI is InChI=1S/C14H16O2S/c15-17(16,13-6-2-1-3-7-13)10-12-9-11-5-4-8-14(11)12/h1-3,6-7,10-11,14H,4-5,8-9H2/b12-10+/t11-,14-/m1/s1. The van der Waals surface area contributed by atoms with E-state index >= 15 is 0 Å². The van der Waals surface area contributed by atoms with Crippen molar-refractivity contribution in [2.75, 3.05) is 0 Å². The van der Waals surface area contributed by atoms with Crippen LogP contribution in [0.2, 0.25) is 0 Å². The Balaban J connectivity index is 1.88. The Kier molecular flexibility index (Phi) is 2.58. The van der Waals surface area contributed by atoms with Crippen LogP contribution in [0.15, 0.2) is 46.2 Å². The highest BCUT2D eigenvalue weighted by Crippen LogP contribution is 2.51. The zero-order valence-electron chi connectivity index (χ0n) is 9.67. The van der Waals surface area contributed by atoms with Gasteiger partial charge in [0.1, 0.15) is 0 Å². The van der Waals surface area contributed by atoms with Gasteiger partial charge in [0.15, 0.2) is 9.84 Å². The minimum Gasteiger partial charge on any atom is -0.219 e. The van der Waals surface area contributed by atoms with E-state index in [-0.39, 0.29) is 0 Å². The molecule has 2 aliphatic rings. The first-order valence-electron chi connectivity index (χ1n) is 6.17. The lowest BCUT2D eigenvalue weighted by atomic mass is 9.72. The Labute approximate surface area is 102 Å². The predicted molar refractivity (Wildman–Crippen MR) is 67.2 cm³/mol. The lowest BCUT2D eigenvalue weighted by Gasteiger charge is -2.34. The molecular formula is C14H16O2S. The fraction of sp³-hybridized carbons (Fsp3) is 0.429. The topological polar surface area (TPSA) is 34.1 Å². The number of rotatable bonds is 2. The van der Waals surface area contributed by atoms with Gasteiger partial charge in [0.05, 0.1) is 4.90 Å². The first kappa shape index (κ1) is 11.0. The molecule has 90 valence electrons. The first-order valence-corrected chi connectivity index (χ1v) is 7.72.